The first-order valence-electron chi connectivity index (χ1n) is 9.48. The van der Waals surface area contributed by atoms with Gasteiger partial charge in [0.15, 0.2) is 0 Å². The molecule has 1 aromatic carbocycles. The molecule has 1 aliphatic carbocycles. The Morgan fingerprint density at radius 1 is 1.26 bits per heavy atom. The zero-order valence-electron chi connectivity index (χ0n) is 16.5. The molecule has 2 heterocycles. The van der Waals surface area contributed by atoms with Crippen LogP contribution in [0.4, 0.5) is 20.7 Å². The van der Waals surface area contributed by atoms with Gasteiger partial charge in [-0.25, -0.2) is 19.2 Å². The number of amides is 2. The number of carbonyl (C=O) groups is 1. The minimum absolute atomic E-state index is 0.138. The van der Waals surface area contributed by atoms with E-state index in [1.54, 1.807) is 42.6 Å². The van der Waals surface area contributed by atoms with Crippen LogP contribution in [-0.2, 0) is 0 Å². The number of aromatic nitrogens is 2. The molecule has 0 fully saturated rings. The predicted molar refractivity (Wildman–Crippen MR) is 123 cm³/mol. The highest BCUT2D eigenvalue weighted by Crippen LogP contribution is 2.40. The number of carbonyl (C=O) groups excluding carboxylic acids is 1. The van der Waals surface area contributed by atoms with Gasteiger partial charge in [-0.05, 0) is 49.4 Å². The maximum absolute atomic E-state index is 14.5. The number of rotatable bonds is 4. The number of allylic oxidation sites excluding steroid dienone is 4. The van der Waals surface area contributed by atoms with Crippen molar-refractivity contribution in [2.45, 2.75) is 19.3 Å². The number of urea groups is 1. The van der Waals surface area contributed by atoms with Crippen molar-refractivity contribution in [2.24, 2.45) is 0 Å². The molecule has 4 N–H and O–H groups in total. The Labute approximate surface area is 187 Å². The van der Waals surface area contributed by atoms with E-state index in [9.17, 15) is 9.18 Å². The highest BCUT2D eigenvalue weighted by atomic mass is 35.5. The molecule has 0 saturated carbocycles. The van der Waals surface area contributed by atoms with E-state index in [1.165, 1.54) is 17.4 Å². The van der Waals surface area contributed by atoms with Gasteiger partial charge < -0.3 is 16.4 Å². The molecule has 0 aliphatic heterocycles. The fraction of sp³-hybridized carbons (Fsp3) is 0.136. The Morgan fingerprint density at radius 3 is 2.77 bits per heavy atom. The minimum atomic E-state index is -0.524. The highest BCUT2D eigenvalue weighted by molar-refractivity contribution is 7.12. The van der Waals surface area contributed by atoms with Crippen molar-refractivity contribution in [1.29, 1.82) is 0 Å². The van der Waals surface area contributed by atoms with Crippen LogP contribution in [0.3, 0.4) is 0 Å². The summed E-state index contributed by atoms with van der Waals surface area (Å²) in [6, 6.07) is 9.75. The first-order chi connectivity index (χ1) is 14.9. The van der Waals surface area contributed by atoms with Gasteiger partial charge in [-0.2, -0.15) is 0 Å². The van der Waals surface area contributed by atoms with Gasteiger partial charge in [-0.1, -0.05) is 17.7 Å². The van der Waals surface area contributed by atoms with Gasteiger partial charge in [-0.15, -0.1) is 11.3 Å². The van der Waals surface area contributed by atoms with Crippen molar-refractivity contribution in [3.63, 3.8) is 0 Å². The number of pyridine rings is 1. The number of halogens is 2. The Kier molecular flexibility index (Phi) is 6.01. The summed E-state index contributed by atoms with van der Waals surface area (Å²) in [4.78, 5) is 22.0. The molecule has 1 atom stereocenters. The Hall–Kier alpha value is -3.23. The lowest BCUT2D eigenvalue weighted by molar-refractivity contribution is 0.253. The van der Waals surface area contributed by atoms with Crippen molar-refractivity contribution in [2.75, 3.05) is 11.1 Å². The molecule has 0 saturated heterocycles. The lowest BCUT2D eigenvalue weighted by Crippen LogP contribution is -2.30. The number of nitrogens with two attached hydrogens (primary N) is 1. The van der Waals surface area contributed by atoms with Crippen LogP contribution >= 0.6 is 22.9 Å². The largest absolute Gasteiger partial charge is 0.384 e. The number of nitrogens with zero attached hydrogens (tertiary/aromatic N) is 2. The normalized spacial score (nSPS) is 15.8. The van der Waals surface area contributed by atoms with Gasteiger partial charge in [0.05, 0.1) is 16.4 Å². The van der Waals surface area contributed by atoms with Crippen LogP contribution in [0.2, 0.25) is 5.02 Å². The molecule has 31 heavy (non-hydrogen) atoms. The highest BCUT2D eigenvalue weighted by Gasteiger charge is 2.25. The first kappa shape index (κ1) is 21.0. The molecule has 3 aromatic rings. The topological polar surface area (TPSA) is 92.9 Å². The number of hydrogen-bond donors (Lipinski definition) is 3. The summed E-state index contributed by atoms with van der Waals surface area (Å²) in [6.07, 6.45) is 5.10. The van der Waals surface area contributed by atoms with E-state index in [1.807, 2.05) is 13.0 Å². The number of thiazole rings is 1. The van der Waals surface area contributed by atoms with E-state index < -0.39 is 11.9 Å². The van der Waals surface area contributed by atoms with Crippen molar-refractivity contribution in [1.82, 2.24) is 15.3 Å². The van der Waals surface area contributed by atoms with E-state index >= 15 is 0 Å². The van der Waals surface area contributed by atoms with Gasteiger partial charge >= 0.3 is 6.03 Å². The molecule has 0 spiro atoms. The molecule has 9 heteroatoms. The molecular weight excluding hydrogens is 437 g/mol. The number of nitrogens with one attached hydrogen (secondary N) is 2. The fourth-order valence-corrected chi connectivity index (χ4v) is 4.46. The standard InChI is InChI=1S/C22H19ClFN5OS/c1-12-27-20(13-8-9-26-19(25)11-13)21(31-12)14-2-7-17(24)18(10-14)29-22(30)28-16-5-3-15(23)4-6-16/h2-9,11,14H,10H2,1H3,(H2,25,26)(H2,28,29,30). The van der Waals surface area contributed by atoms with Gasteiger partial charge in [0.25, 0.3) is 0 Å². The zero-order chi connectivity index (χ0) is 22.0. The number of nitrogen functional groups attached to an aromatic ring is 1. The maximum atomic E-state index is 14.5. The smallest absolute Gasteiger partial charge is 0.323 e. The second-order valence-electron chi connectivity index (χ2n) is 7.00. The number of aryl methyl sites for hydroxylation is 1. The summed E-state index contributed by atoms with van der Waals surface area (Å²) in [5.74, 6) is -0.208. The summed E-state index contributed by atoms with van der Waals surface area (Å²) in [5, 5.41) is 6.76. The SMILES string of the molecule is Cc1nc(-c2ccnc(N)c2)c(C2C=CC(F)=C(NC(=O)Nc3ccc(Cl)cc3)C2)s1. The third-order valence-electron chi connectivity index (χ3n) is 4.71. The summed E-state index contributed by atoms with van der Waals surface area (Å²) >= 11 is 7.40. The van der Waals surface area contributed by atoms with Crippen LogP contribution in [0.1, 0.15) is 22.2 Å². The van der Waals surface area contributed by atoms with E-state index in [0.717, 1.165) is 21.1 Å². The summed E-state index contributed by atoms with van der Waals surface area (Å²) < 4.78 is 14.5. The Balaban J connectivity index is 1.52. The summed E-state index contributed by atoms with van der Waals surface area (Å²) in [5.41, 5.74) is 8.24. The molecule has 2 aromatic heterocycles. The third-order valence-corrected chi connectivity index (χ3v) is 6.06. The molecule has 1 unspecified atom stereocenters. The lowest BCUT2D eigenvalue weighted by Gasteiger charge is -2.20. The molecule has 2 amide bonds. The molecule has 1 aliphatic rings. The maximum Gasteiger partial charge on any atom is 0.323 e. The average Bonchev–Trinajstić information content (AvgIpc) is 3.13. The quantitative estimate of drug-likeness (QED) is 0.463. The first-order valence-corrected chi connectivity index (χ1v) is 10.7. The molecule has 4 rings (SSSR count). The third kappa shape index (κ3) is 4.92. The number of benzene rings is 1. The van der Waals surface area contributed by atoms with Crippen LogP contribution in [0.5, 0.6) is 0 Å². The van der Waals surface area contributed by atoms with Crippen LogP contribution in [0.15, 0.2) is 66.3 Å². The number of anilines is 2. The molecule has 0 bridgehead atoms. The predicted octanol–water partition coefficient (Wildman–Crippen LogP) is 5.80. The van der Waals surface area contributed by atoms with Gasteiger partial charge in [0, 0.05) is 39.7 Å². The number of hydrogen-bond acceptors (Lipinski definition) is 5. The van der Waals surface area contributed by atoms with E-state index in [0.29, 0.717) is 22.9 Å². The fourth-order valence-electron chi connectivity index (χ4n) is 3.31. The van der Waals surface area contributed by atoms with Crippen LogP contribution in [0, 0.1) is 6.92 Å². The van der Waals surface area contributed by atoms with Gasteiger partial charge in [0.1, 0.15) is 11.6 Å². The van der Waals surface area contributed by atoms with Crippen molar-refractivity contribution in [3.8, 4) is 11.3 Å². The van der Waals surface area contributed by atoms with Crippen LogP contribution in [0.25, 0.3) is 11.3 Å². The molecular formula is C22H19ClFN5OS. The monoisotopic (exact) mass is 455 g/mol. The second-order valence-corrected chi connectivity index (χ2v) is 8.67. The molecule has 6 nitrogen and oxygen atoms in total. The Morgan fingerprint density at radius 2 is 2.03 bits per heavy atom. The summed E-state index contributed by atoms with van der Waals surface area (Å²) in [7, 11) is 0. The minimum Gasteiger partial charge on any atom is -0.384 e. The van der Waals surface area contributed by atoms with Crippen molar-refractivity contribution >= 4 is 40.5 Å². The van der Waals surface area contributed by atoms with E-state index in [4.69, 9.17) is 17.3 Å². The lowest BCUT2D eigenvalue weighted by atomic mass is 9.93. The Bertz CT molecular complexity index is 1190. The molecule has 158 valence electrons. The van der Waals surface area contributed by atoms with Crippen LogP contribution in [-0.4, -0.2) is 16.0 Å². The van der Waals surface area contributed by atoms with E-state index in [2.05, 4.69) is 20.6 Å². The summed E-state index contributed by atoms with van der Waals surface area (Å²) in [6.45, 7) is 1.92. The zero-order valence-corrected chi connectivity index (χ0v) is 18.1. The second kappa shape index (κ2) is 8.87. The van der Waals surface area contributed by atoms with E-state index in [-0.39, 0.29) is 11.6 Å². The van der Waals surface area contributed by atoms with Crippen LogP contribution < -0.4 is 16.4 Å². The van der Waals surface area contributed by atoms with Crippen molar-refractivity contribution < 1.29 is 9.18 Å². The van der Waals surface area contributed by atoms with Gasteiger partial charge in [0.2, 0.25) is 0 Å². The van der Waals surface area contributed by atoms with Gasteiger partial charge in [-0.3, -0.25) is 0 Å². The van der Waals surface area contributed by atoms with Crippen molar-refractivity contribution in [3.05, 3.63) is 81.2 Å². The average molecular weight is 456 g/mol. The molecule has 0 radical (unpaired) electrons.